The van der Waals surface area contributed by atoms with Crippen molar-refractivity contribution in [3.05, 3.63) is 70.1 Å². The van der Waals surface area contributed by atoms with E-state index in [1.807, 2.05) is 29.6 Å². The molecule has 0 bridgehead atoms. The van der Waals surface area contributed by atoms with Crippen molar-refractivity contribution in [1.29, 1.82) is 0 Å². The summed E-state index contributed by atoms with van der Waals surface area (Å²) < 4.78 is 0. The number of rotatable bonds is 5. The molecular weight excluding hydrogens is 376 g/mol. The number of hydrogen-bond acceptors (Lipinski definition) is 3. The summed E-state index contributed by atoms with van der Waals surface area (Å²) in [6.45, 7) is 6.59. The van der Waals surface area contributed by atoms with Crippen LogP contribution in [0.1, 0.15) is 38.3 Å². The van der Waals surface area contributed by atoms with Crippen LogP contribution in [0.4, 0.5) is 5.13 Å². The van der Waals surface area contributed by atoms with E-state index in [0.29, 0.717) is 23.0 Å². The number of halogens is 1. The van der Waals surface area contributed by atoms with Gasteiger partial charge in [0, 0.05) is 22.4 Å². The lowest BCUT2D eigenvalue weighted by molar-refractivity contribution is -0.116. The maximum Gasteiger partial charge on any atom is 0.226 e. The molecule has 27 heavy (non-hydrogen) atoms. The second-order valence-electron chi connectivity index (χ2n) is 7.54. The van der Waals surface area contributed by atoms with E-state index in [9.17, 15) is 4.79 Å². The molecule has 0 aliphatic heterocycles. The number of aryl methyl sites for hydroxylation is 1. The Morgan fingerprint density at radius 2 is 1.74 bits per heavy atom. The molecule has 0 saturated heterocycles. The van der Waals surface area contributed by atoms with Crippen LogP contribution < -0.4 is 5.32 Å². The monoisotopic (exact) mass is 398 g/mol. The van der Waals surface area contributed by atoms with Gasteiger partial charge in [0.05, 0.1) is 5.69 Å². The van der Waals surface area contributed by atoms with E-state index in [0.717, 1.165) is 11.3 Å². The minimum atomic E-state index is -0.0214. The smallest absolute Gasteiger partial charge is 0.226 e. The third-order valence-electron chi connectivity index (χ3n) is 4.35. The first-order valence-electron chi connectivity index (χ1n) is 8.92. The molecule has 1 aromatic heterocycles. The topological polar surface area (TPSA) is 42.0 Å². The van der Waals surface area contributed by atoms with Crippen LogP contribution in [-0.4, -0.2) is 10.9 Å². The lowest BCUT2D eigenvalue weighted by Crippen LogP contribution is -2.13. The average molecular weight is 399 g/mol. The van der Waals surface area contributed by atoms with Crippen molar-refractivity contribution in [2.24, 2.45) is 0 Å². The van der Waals surface area contributed by atoms with Crippen LogP contribution >= 0.6 is 22.9 Å². The number of benzene rings is 2. The molecule has 0 atom stereocenters. The zero-order valence-electron chi connectivity index (χ0n) is 15.8. The van der Waals surface area contributed by atoms with Crippen LogP contribution in [0.15, 0.2) is 53.9 Å². The van der Waals surface area contributed by atoms with Crippen molar-refractivity contribution < 1.29 is 4.79 Å². The van der Waals surface area contributed by atoms with Gasteiger partial charge in [-0.25, -0.2) is 4.98 Å². The largest absolute Gasteiger partial charge is 0.302 e. The number of hydrogen-bond donors (Lipinski definition) is 1. The summed E-state index contributed by atoms with van der Waals surface area (Å²) >= 11 is 7.34. The molecule has 2 aromatic carbocycles. The summed E-state index contributed by atoms with van der Waals surface area (Å²) in [6, 6.07) is 16.0. The van der Waals surface area contributed by atoms with Crippen LogP contribution in [0.25, 0.3) is 11.3 Å². The van der Waals surface area contributed by atoms with E-state index in [1.165, 1.54) is 22.5 Å². The number of anilines is 1. The van der Waals surface area contributed by atoms with E-state index in [1.54, 1.807) is 0 Å². The summed E-state index contributed by atoms with van der Waals surface area (Å²) in [6.07, 6.45) is 1.15. The van der Waals surface area contributed by atoms with Crippen molar-refractivity contribution in [3.63, 3.8) is 0 Å². The first-order valence-corrected chi connectivity index (χ1v) is 10.2. The molecule has 1 heterocycles. The summed E-state index contributed by atoms with van der Waals surface area (Å²) in [5.41, 5.74) is 4.43. The molecule has 0 fully saturated rings. The van der Waals surface area contributed by atoms with E-state index < -0.39 is 0 Å². The number of carbonyl (C=O) groups is 1. The van der Waals surface area contributed by atoms with Gasteiger partial charge in [-0.1, -0.05) is 68.8 Å². The second kappa shape index (κ2) is 8.24. The summed E-state index contributed by atoms with van der Waals surface area (Å²) in [5, 5.41) is 6.14. The minimum Gasteiger partial charge on any atom is -0.302 e. The Bertz CT molecular complexity index is 909. The summed E-state index contributed by atoms with van der Waals surface area (Å²) in [5.74, 6) is -0.0214. The SMILES string of the molecule is CC(C)(C)c1ccc(CCC(=O)Nc2nc(-c3ccc(Cl)cc3)cs2)cc1. The quantitative estimate of drug-likeness (QED) is 0.545. The third kappa shape index (κ3) is 5.41. The molecule has 0 aliphatic rings. The average Bonchev–Trinajstić information content (AvgIpc) is 3.08. The second-order valence-corrected chi connectivity index (χ2v) is 8.83. The molecule has 140 valence electrons. The van der Waals surface area contributed by atoms with Gasteiger partial charge >= 0.3 is 0 Å². The predicted octanol–water partition coefficient (Wildman–Crippen LogP) is 6.33. The normalized spacial score (nSPS) is 11.4. The zero-order chi connectivity index (χ0) is 19.4. The molecule has 3 nitrogen and oxygen atoms in total. The van der Waals surface area contributed by atoms with Gasteiger partial charge in [0.15, 0.2) is 5.13 Å². The van der Waals surface area contributed by atoms with Crippen LogP contribution in [-0.2, 0) is 16.6 Å². The van der Waals surface area contributed by atoms with E-state index in [2.05, 4.69) is 55.3 Å². The fourth-order valence-electron chi connectivity index (χ4n) is 2.70. The van der Waals surface area contributed by atoms with Crippen LogP contribution in [0.5, 0.6) is 0 Å². The molecule has 0 saturated carbocycles. The van der Waals surface area contributed by atoms with E-state index >= 15 is 0 Å². The van der Waals surface area contributed by atoms with Crippen molar-refractivity contribution in [3.8, 4) is 11.3 Å². The number of nitrogens with one attached hydrogen (secondary N) is 1. The Balaban J connectivity index is 1.54. The summed E-state index contributed by atoms with van der Waals surface area (Å²) in [4.78, 5) is 16.7. The van der Waals surface area contributed by atoms with E-state index in [-0.39, 0.29) is 11.3 Å². The van der Waals surface area contributed by atoms with E-state index in [4.69, 9.17) is 11.6 Å². The number of aromatic nitrogens is 1. The maximum absolute atomic E-state index is 12.2. The number of nitrogens with zero attached hydrogens (tertiary/aromatic N) is 1. The van der Waals surface area contributed by atoms with Gasteiger partial charge in [0.2, 0.25) is 5.91 Å². The highest BCUT2D eigenvalue weighted by molar-refractivity contribution is 7.14. The minimum absolute atomic E-state index is 0.0214. The Kier molecular flexibility index (Phi) is 5.98. The van der Waals surface area contributed by atoms with Crippen molar-refractivity contribution in [2.45, 2.75) is 39.0 Å². The van der Waals surface area contributed by atoms with Gasteiger partial charge < -0.3 is 5.32 Å². The molecule has 3 rings (SSSR count). The Morgan fingerprint density at radius 3 is 2.37 bits per heavy atom. The Labute approximate surface area is 169 Å². The van der Waals surface area contributed by atoms with Gasteiger partial charge in [-0.3, -0.25) is 4.79 Å². The highest BCUT2D eigenvalue weighted by Gasteiger charge is 2.13. The van der Waals surface area contributed by atoms with Gasteiger partial charge in [0.1, 0.15) is 0 Å². The molecule has 0 unspecified atom stereocenters. The lowest BCUT2D eigenvalue weighted by Gasteiger charge is -2.19. The summed E-state index contributed by atoms with van der Waals surface area (Å²) in [7, 11) is 0. The molecule has 3 aromatic rings. The number of carbonyl (C=O) groups excluding carboxylic acids is 1. The first-order chi connectivity index (χ1) is 12.8. The zero-order valence-corrected chi connectivity index (χ0v) is 17.3. The number of thiazole rings is 1. The molecule has 0 spiro atoms. The first kappa shape index (κ1) is 19.6. The van der Waals surface area contributed by atoms with Gasteiger partial charge in [-0.05, 0) is 35.1 Å². The Morgan fingerprint density at radius 1 is 1.07 bits per heavy atom. The van der Waals surface area contributed by atoms with Crippen molar-refractivity contribution in [2.75, 3.05) is 5.32 Å². The molecular formula is C22H23ClN2OS. The standard InChI is InChI=1S/C22H23ClN2OS/c1-22(2,3)17-9-4-15(5-10-17)6-13-20(26)25-21-24-19(14-27-21)16-7-11-18(23)12-8-16/h4-5,7-12,14H,6,13H2,1-3H3,(H,24,25,26). The molecule has 1 N–H and O–H groups in total. The van der Waals surface area contributed by atoms with Crippen molar-refractivity contribution >= 4 is 34.0 Å². The van der Waals surface area contributed by atoms with Crippen LogP contribution in [0, 0.1) is 0 Å². The fraction of sp³-hybridized carbons (Fsp3) is 0.273. The molecule has 5 heteroatoms. The van der Waals surface area contributed by atoms with Crippen LogP contribution in [0.2, 0.25) is 5.02 Å². The van der Waals surface area contributed by atoms with Gasteiger partial charge in [-0.15, -0.1) is 11.3 Å². The molecule has 0 radical (unpaired) electrons. The van der Waals surface area contributed by atoms with Crippen LogP contribution in [0.3, 0.4) is 0 Å². The molecule has 1 amide bonds. The van der Waals surface area contributed by atoms with Gasteiger partial charge in [-0.2, -0.15) is 0 Å². The third-order valence-corrected chi connectivity index (χ3v) is 5.36. The Hall–Kier alpha value is -2.17. The maximum atomic E-state index is 12.2. The highest BCUT2D eigenvalue weighted by atomic mass is 35.5. The number of amides is 1. The predicted molar refractivity (Wildman–Crippen MR) is 115 cm³/mol. The highest BCUT2D eigenvalue weighted by Crippen LogP contribution is 2.26. The van der Waals surface area contributed by atoms with Crippen molar-refractivity contribution in [1.82, 2.24) is 4.98 Å². The molecule has 0 aliphatic carbocycles. The fourth-order valence-corrected chi connectivity index (χ4v) is 3.56. The lowest BCUT2D eigenvalue weighted by atomic mass is 9.86. The van der Waals surface area contributed by atoms with Gasteiger partial charge in [0.25, 0.3) is 0 Å².